The predicted octanol–water partition coefficient (Wildman–Crippen LogP) is 3.98. The van der Waals surface area contributed by atoms with Crippen molar-refractivity contribution < 1.29 is 4.79 Å². The molecule has 3 atom stereocenters. The lowest BCUT2D eigenvalue weighted by Gasteiger charge is -2.39. The Labute approximate surface area is 134 Å². The van der Waals surface area contributed by atoms with Crippen LogP contribution in [-0.2, 0) is 0 Å². The number of hydrogen-bond acceptors (Lipinski definition) is 2. The Hall–Kier alpha value is -1.03. The Morgan fingerprint density at radius 3 is 2.67 bits per heavy atom. The normalized spacial score (nSPS) is 33.1. The third-order valence-corrected chi connectivity index (χ3v) is 6.85. The quantitative estimate of drug-likeness (QED) is 0.792. The van der Waals surface area contributed by atoms with Gasteiger partial charge in [-0.3, -0.25) is 4.79 Å². The number of nitrogens with two attached hydrogens (primary N) is 1. The van der Waals surface area contributed by atoms with Gasteiger partial charge in [-0.15, -0.1) is 0 Å². The van der Waals surface area contributed by atoms with E-state index in [0.717, 1.165) is 10.9 Å². The monoisotopic (exact) mass is 350 g/mol. The van der Waals surface area contributed by atoms with E-state index in [1.54, 1.807) is 12.1 Å². The predicted molar refractivity (Wildman–Crippen MR) is 89.0 cm³/mol. The molecule has 1 amide bonds. The topological polar surface area (TPSA) is 55.1 Å². The van der Waals surface area contributed by atoms with Gasteiger partial charge in [0, 0.05) is 16.2 Å². The van der Waals surface area contributed by atoms with E-state index < -0.39 is 0 Å². The first-order valence-corrected chi connectivity index (χ1v) is 8.41. The highest BCUT2D eigenvalue weighted by Crippen LogP contribution is 2.65. The standard InChI is InChI=1S/C17H23BrN2O/c1-16(2)10-6-7-17(16,3)14(8-10)20-15(21)12-9-11(18)4-5-13(12)19/h4-5,9-10,14H,6-8,19H2,1-3H3,(H,20,21). The summed E-state index contributed by atoms with van der Waals surface area (Å²) >= 11 is 3.40. The van der Waals surface area contributed by atoms with Crippen molar-refractivity contribution in [1.29, 1.82) is 0 Å². The summed E-state index contributed by atoms with van der Waals surface area (Å²) in [5.41, 5.74) is 7.53. The second-order valence-electron chi connectivity index (χ2n) is 7.37. The molecule has 0 aliphatic heterocycles. The van der Waals surface area contributed by atoms with Crippen LogP contribution in [0.3, 0.4) is 0 Å². The van der Waals surface area contributed by atoms with Gasteiger partial charge < -0.3 is 11.1 Å². The number of nitrogen functional groups attached to an aromatic ring is 1. The molecule has 3 unspecified atom stereocenters. The van der Waals surface area contributed by atoms with Gasteiger partial charge in [-0.05, 0) is 54.2 Å². The summed E-state index contributed by atoms with van der Waals surface area (Å²) in [5, 5.41) is 3.25. The summed E-state index contributed by atoms with van der Waals surface area (Å²) in [5.74, 6) is 0.663. The zero-order valence-electron chi connectivity index (χ0n) is 12.9. The largest absolute Gasteiger partial charge is 0.398 e. The third kappa shape index (κ3) is 2.10. The maximum atomic E-state index is 12.6. The molecule has 2 fully saturated rings. The molecule has 2 bridgehead atoms. The van der Waals surface area contributed by atoms with E-state index in [1.165, 1.54) is 12.8 Å². The van der Waals surface area contributed by atoms with Crippen LogP contribution in [0, 0.1) is 16.7 Å². The van der Waals surface area contributed by atoms with Crippen LogP contribution in [-0.4, -0.2) is 11.9 Å². The van der Waals surface area contributed by atoms with Gasteiger partial charge in [-0.25, -0.2) is 0 Å². The van der Waals surface area contributed by atoms with Crippen LogP contribution >= 0.6 is 15.9 Å². The number of amides is 1. The lowest BCUT2D eigenvalue weighted by atomic mass is 9.69. The molecule has 3 rings (SSSR count). The van der Waals surface area contributed by atoms with Gasteiger partial charge >= 0.3 is 0 Å². The SMILES string of the molecule is CC1(C)C2CCC1(C)C(NC(=O)c1cc(Br)ccc1N)C2. The van der Waals surface area contributed by atoms with Gasteiger partial charge in [0.15, 0.2) is 0 Å². The highest BCUT2D eigenvalue weighted by Gasteiger charge is 2.61. The highest BCUT2D eigenvalue weighted by atomic mass is 79.9. The van der Waals surface area contributed by atoms with E-state index in [9.17, 15) is 4.79 Å². The number of benzene rings is 1. The Bertz CT molecular complexity index is 598. The Balaban J connectivity index is 1.82. The number of carbonyl (C=O) groups excluding carboxylic acids is 1. The molecule has 1 aromatic carbocycles. The molecule has 0 radical (unpaired) electrons. The minimum atomic E-state index is -0.0524. The lowest BCUT2D eigenvalue weighted by molar-refractivity contribution is 0.0827. The second-order valence-corrected chi connectivity index (χ2v) is 8.28. The first-order valence-electron chi connectivity index (χ1n) is 7.61. The molecule has 2 aliphatic rings. The Kier molecular flexibility index (Phi) is 3.36. The molecule has 0 heterocycles. The van der Waals surface area contributed by atoms with E-state index >= 15 is 0 Å². The van der Waals surface area contributed by atoms with Crippen molar-refractivity contribution in [3.05, 3.63) is 28.2 Å². The fourth-order valence-electron chi connectivity index (χ4n) is 4.38. The van der Waals surface area contributed by atoms with Gasteiger partial charge in [0.05, 0.1) is 5.56 Å². The van der Waals surface area contributed by atoms with Crippen LogP contribution in [0.25, 0.3) is 0 Å². The van der Waals surface area contributed by atoms with Gasteiger partial charge in [0.1, 0.15) is 0 Å². The molecule has 0 aromatic heterocycles. The first-order chi connectivity index (χ1) is 9.75. The van der Waals surface area contributed by atoms with Crippen LogP contribution < -0.4 is 11.1 Å². The molecule has 1 aromatic rings. The summed E-state index contributed by atoms with van der Waals surface area (Å²) in [6.07, 6.45) is 3.57. The average molecular weight is 351 g/mol. The van der Waals surface area contributed by atoms with Crippen molar-refractivity contribution in [2.24, 2.45) is 16.7 Å². The van der Waals surface area contributed by atoms with Crippen molar-refractivity contribution in [3.8, 4) is 0 Å². The Morgan fingerprint density at radius 1 is 1.38 bits per heavy atom. The minimum Gasteiger partial charge on any atom is -0.398 e. The third-order valence-electron chi connectivity index (χ3n) is 6.36. The van der Waals surface area contributed by atoms with E-state index in [2.05, 4.69) is 42.0 Å². The molecule has 4 heteroatoms. The van der Waals surface area contributed by atoms with Crippen molar-refractivity contribution in [2.75, 3.05) is 5.73 Å². The number of fused-ring (bicyclic) bond motifs is 2. The molecule has 114 valence electrons. The zero-order valence-corrected chi connectivity index (χ0v) is 14.5. The van der Waals surface area contributed by atoms with Crippen molar-refractivity contribution in [3.63, 3.8) is 0 Å². The van der Waals surface area contributed by atoms with E-state index in [0.29, 0.717) is 22.6 Å². The lowest BCUT2D eigenvalue weighted by Crippen LogP contribution is -2.47. The molecule has 2 aliphatic carbocycles. The van der Waals surface area contributed by atoms with Gasteiger partial charge in [0.25, 0.3) is 5.91 Å². The molecule has 0 saturated heterocycles. The molecular weight excluding hydrogens is 328 g/mol. The first kappa shape index (κ1) is 14.9. The molecular formula is C17H23BrN2O. The van der Waals surface area contributed by atoms with Crippen LogP contribution in [0.5, 0.6) is 0 Å². The van der Waals surface area contributed by atoms with Crippen LogP contribution in [0.2, 0.25) is 0 Å². The summed E-state index contributed by atoms with van der Waals surface area (Å²) in [6.45, 7) is 7.03. The maximum Gasteiger partial charge on any atom is 0.253 e. The maximum absolute atomic E-state index is 12.6. The summed E-state index contributed by atoms with van der Waals surface area (Å²) < 4.78 is 0.876. The van der Waals surface area contributed by atoms with Crippen molar-refractivity contribution in [1.82, 2.24) is 5.32 Å². The number of anilines is 1. The number of halogens is 1. The van der Waals surface area contributed by atoms with Gasteiger partial charge in [-0.2, -0.15) is 0 Å². The number of rotatable bonds is 2. The number of carbonyl (C=O) groups is 1. The van der Waals surface area contributed by atoms with Crippen LogP contribution in [0.1, 0.15) is 50.4 Å². The molecule has 3 N–H and O–H groups in total. The van der Waals surface area contributed by atoms with Crippen LogP contribution in [0.4, 0.5) is 5.69 Å². The number of nitrogens with one attached hydrogen (secondary N) is 1. The summed E-state index contributed by atoms with van der Waals surface area (Å²) in [6, 6.07) is 5.67. The molecule has 0 spiro atoms. The van der Waals surface area contributed by atoms with Crippen LogP contribution in [0.15, 0.2) is 22.7 Å². The minimum absolute atomic E-state index is 0.0524. The average Bonchev–Trinajstić information content (AvgIpc) is 2.74. The summed E-state index contributed by atoms with van der Waals surface area (Å²) in [7, 11) is 0. The van der Waals surface area contributed by atoms with E-state index in [1.807, 2.05) is 6.07 Å². The van der Waals surface area contributed by atoms with Gasteiger partial charge in [0.2, 0.25) is 0 Å². The summed E-state index contributed by atoms with van der Waals surface area (Å²) in [4.78, 5) is 12.6. The molecule has 21 heavy (non-hydrogen) atoms. The fraction of sp³-hybridized carbons (Fsp3) is 0.588. The second kappa shape index (κ2) is 4.73. The zero-order chi connectivity index (χ0) is 15.4. The van der Waals surface area contributed by atoms with Crippen molar-refractivity contribution >= 4 is 27.5 Å². The fourth-order valence-corrected chi connectivity index (χ4v) is 4.74. The van der Waals surface area contributed by atoms with Gasteiger partial charge in [-0.1, -0.05) is 36.7 Å². The smallest absolute Gasteiger partial charge is 0.253 e. The molecule has 3 nitrogen and oxygen atoms in total. The highest BCUT2D eigenvalue weighted by molar-refractivity contribution is 9.10. The Morgan fingerprint density at radius 2 is 2.10 bits per heavy atom. The van der Waals surface area contributed by atoms with Crippen molar-refractivity contribution in [2.45, 2.75) is 46.1 Å². The molecule has 2 saturated carbocycles. The van der Waals surface area contributed by atoms with E-state index in [4.69, 9.17) is 5.73 Å². The number of hydrogen-bond donors (Lipinski definition) is 2. The van der Waals surface area contributed by atoms with E-state index in [-0.39, 0.29) is 17.4 Å².